The summed E-state index contributed by atoms with van der Waals surface area (Å²) in [6.07, 6.45) is -10.8. The quantitative estimate of drug-likeness (QED) is 0.572. The number of rotatable bonds is 4. The Morgan fingerprint density at radius 1 is 0.609 bits per heavy atom. The van der Waals surface area contributed by atoms with Crippen LogP contribution >= 0.6 is 0 Å². The predicted octanol–water partition coefficient (Wildman–Crippen LogP) is 5.48. The van der Waals surface area contributed by atoms with Crippen molar-refractivity contribution >= 4 is 0 Å². The molecule has 0 saturated carbocycles. The monoisotopic (exact) mass is 374 g/mol. The molecule has 1 aliphatic carbocycles. The van der Waals surface area contributed by atoms with Crippen molar-refractivity contribution in [2.24, 2.45) is 0 Å². The number of halogens is 14. The van der Waals surface area contributed by atoms with Gasteiger partial charge in [0.25, 0.3) is 6.08 Å². The summed E-state index contributed by atoms with van der Waals surface area (Å²) < 4.78 is 174. The molecule has 0 fully saturated rings. The van der Waals surface area contributed by atoms with E-state index in [9.17, 15) is 61.5 Å². The smallest absolute Gasteiger partial charge is 0.206 e. The van der Waals surface area contributed by atoms with Crippen LogP contribution in [-0.2, 0) is 0 Å². The van der Waals surface area contributed by atoms with Crippen LogP contribution in [0.4, 0.5) is 61.5 Å². The summed E-state index contributed by atoms with van der Waals surface area (Å²) in [5.74, 6) is -32.5. The standard InChI is InChI=1S/C9F14/c10-3-1(4(11)12)2(3)5(13,14)6(15,16)7(17,18)8(19,20)9(21,22)23. The lowest BCUT2D eigenvalue weighted by atomic mass is 9.96. The highest BCUT2D eigenvalue weighted by Gasteiger charge is 2.88. The minimum Gasteiger partial charge on any atom is -0.206 e. The molecule has 0 aromatic rings. The Morgan fingerprint density at radius 2 is 1.00 bits per heavy atom. The molecule has 0 atom stereocenters. The van der Waals surface area contributed by atoms with E-state index in [2.05, 4.69) is 0 Å². The number of hydrogen-bond donors (Lipinski definition) is 0. The van der Waals surface area contributed by atoms with E-state index in [4.69, 9.17) is 0 Å². The Hall–Kier alpha value is -1.50. The summed E-state index contributed by atoms with van der Waals surface area (Å²) in [7, 11) is 0. The van der Waals surface area contributed by atoms with Gasteiger partial charge in [-0.15, -0.1) is 0 Å². The first kappa shape index (κ1) is 19.5. The maximum atomic E-state index is 13.1. The summed E-state index contributed by atoms with van der Waals surface area (Å²) in [6.45, 7) is 0. The van der Waals surface area contributed by atoms with E-state index in [0.717, 1.165) is 0 Å². The fourth-order valence-electron chi connectivity index (χ4n) is 1.37. The van der Waals surface area contributed by atoms with Gasteiger partial charge >= 0.3 is 29.9 Å². The van der Waals surface area contributed by atoms with Crippen molar-refractivity contribution in [1.29, 1.82) is 0 Å². The van der Waals surface area contributed by atoms with Gasteiger partial charge in [0, 0.05) is 0 Å². The molecule has 0 spiro atoms. The van der Waals surface area contributed by atoms with Crippen molar-refractivity contribution in [1.82, 2.24) is 0 Å². The van der Waals surface area contributed by atoms with Crippen LogP contribution in [0.3, 0.4) is 0 Å². The van der Waals surface area contributed by atoms with Crippen molar-refractivity contribution < 1.29 is 61.5 Å². The largest absolute Gasteiger partial charge is 0.460 e. The Bertz CT molecular complexity index is 570. The number of allylic oxidation sites excluding steroid dienone is 3. The minimum absolute atomic E-state index is 2.54. The van der Waals surface area contributed by atoms with Gasteiger partial charge in [0.1, 0.15) is 5.83 Å². The lowest BCUT2D eigenvalue weighted by Crippen LogP contribution is -2.66. The van der Waals surface area contributed by atoms with Crippen LogP contribution in [0.5, 0.6) is 0 Å². The summed E-state index contributed by atoms with van der Waals surface area (Å²) in [5.41, 5.74) is -5.61. The van der Waals surface area contributed by atoms with Gasteiger partial charge in [0.05, 0.1) is 11.1 Å². The van der Waals surface area contributed by atoms with Crippen LogP contribution in [0.2, 0.25) is 0 Å². The molecule has 0 radical (unpaired) electrons. The van der Waals surface area contributed by atoms with Crippen LogP contribution in [-0.4, -0.2) is 29.9 Å². The molecule has 0 saturated heterocycles. The maximum absolute atomic E-state index is 13.1. The lowest BCUT2D eigenvalue weighted by Gasteiger charge is -2.36. The summed E-state index contributed by atoms with van der Waals surface area (Å²) in [6, 6.07) is 0. The predicted molar refractivity (Wildman–Crippen MR) is 43.2 cm³/mol. The normalized spacial score (nSPS) is 17.7. The van der Waals surface area contributed by atoms with E-state index in [1.807, 2.05) is 0 Å². The minimum atomic E-state index is -7.77. The van der Waals surface area contributed by atoms with Gasteiger partial charge in [0.15, 0.2) is 0 Å². The molecule has 0 aromatic carbocycles. The second-order valence-corrected chi connectivity index (χ2v) is 4.12. The van der Waals surface area contributed by atoms with Gasteiger partial charge in [-0.3, -0.25) is 0 Å². The van der Waals surface area contributed by atoms with Gasteiger partial charge in [0.2, 0.25) is 0 Å². The molecule has 0 aromatic heterocycles. The highest BCUT2D eigenvalue weighted by Crippen LogP contribution is 2.63. The van der Waals surface area contributed by atoms with Crippen molar-refractivity contribution in [3.63, 3.8) is 0 Å². The van der Waals surface area contributed by atoms with E-state index in [1.54, 1.807) is 0 Å². The third kappa shape index (κ3) is 2.36. The summed E-state index contributed by atoms with van der Waals surface area (Å²) in [4.78, 5) is 0. The molecule has 0 nitrogen and oxygen atoms in total. The zero-order valence-electron chi connectivity index (χ0n) is 9.79. The topological polar surface area (TPSA) is 0 Å². The van der Waals surface area contributed by atoms with E-state index >= 15 is 0 Å². The Kier molecular flexibility index (Phi) is 4.04. The van der Waals surface area contributed by atoms with Gasteiger partial charge in [-0.05, 0) is 0 Å². The summed E-state index contributed by atoms with van der Waals surface area (Å²) in [5, 5.41) is 0. The first-order valence-corrected chi connectivity index (χ1v) is 4.90. The molecule has 1 aliphatic rings. The molecule has 0 amide bonds. The third-order valence-corrected chi connectivity index (χ3v) is 2.67. The zero-order chi connectivity index (χ0) is 18.8. The molecule has 0 N–H and O–H groups in total. The lowest BCUT2D eigenvalue weighted by molar-refractivity contribution is -0.417. The van der Waals surface area contributed by atoms with Gasteiger partial charge < -0.3 is 0 Å². The molecule has 0 aliphatic heterocycles. The first-order valence-electron chi connectivity index (χ1n) is 4.90. The van der Waals surface area contributed by atoms with Crippen molar-refractivity contribution in [2.45, 2.75) is 29.9 Å². The second kappa shape index (κ2) is 4.75. The molecule has 23 heavy (non-hydrogen) atoms. The highest BCUT2D eigenvalue weighted by molar-refractivity contribution is 5.67. The van der Waals surface area contributed by atoms with Crippen LogP contribution < -0.4 is 0 Å². The Labute approximate surface area is 116 Å². The fourth-order valence-corrected chi connectivity index (χ4v) is 1.37. The van der Waals surface area contributed by atoms with Crippen LogP contribution in [0.25, 0.3) is 0 Å². The second-order valence-electron chi connectivity index (χ2n) is 4.12. The van der Waals surface area contributed by atoms with Crippen molar-refractivity contribution in [3.8, 4) is 0 Å². The van der Waals surface area contributed by atoms with E-state index in [1.165, 1.54) is 0 Å². The Morgan fingerprint density at radius 3 is 1.26 bits per heavy atom. The van der Waals surface area contributed by atoms with E-state index in [-0.39, 0.29) is 0 Å². The molecule has 0 heterocycles. The molecular formula is C9F14. The van der Waals surface area contributed by atoms with E-state index in [0.29, 0.717) is 0 Å². The SMILES string of the molecule is FC(F)=C1C(F)=C1C(F)(F)C(F)(F)C(F)(F)C(F)(F)C(F)(F)F. The van der Waals surface area contributed by atoms with Crippen LogP contribution in [0.1, 0.15) is 0 Å². The fraction of sp³-hybridized carbons (Fsp3) is 0.556. The molecule has 14 heteroatoms. The first-order chi connectivity index (χ1) is 9.85. The van der Waals surface area contributed by atoms with Crippen molar-refractivity contribution in [3.05, 3.63) is 23.1 Å². The average Bonchev–Trinajstić information content (AvgIpc) is 2.99. The molecule has 1 rings (SSSR count). The van der Waals surface area contributed by atoms with Gasteiger partial charge in [-0.25, -0.2) is 4.39 Å². The molecule has 0 bridgehead atoms. The average molecular weight is 374 g/mol. The number of hydrogen-bond acceptors (Lipinski definition) is 0. The highest BCUT2D eigenvalue weighted by atomic mass is 19.4. The molecular weight excluding hydrogens is 374 g/mol. The van der Waals surface area contributed by atoms with Gasteiger partial charge in [-0.2, -0.15) is 57.1 Å². The third-order valence-electron chi connectivity index (χ3n) is 2.67. The van der Waals surface area contributed by atoms with Crippen LogP contribution in [0.15, 0.2) is 23.1 Å². The Balaban J connectivity index is 3.44. The van der Waals surface area contributed by atoms with Crippen molar-refractivity contribution in [2.75, 3.05) is 0 Å². The summed E-state index contributed by atoms with van der Waals surface area (Å²) >= 11 is 0. The maximum Gasteiger partial charge on any atom is 0.460 e. The molecule has 0 unspecified atom stereocenters. The van der Waals surface area contributed by atoms with E-state index < -0.39 is 52.9 Å². The van der Waals surface area contributed by atoms with Crippen LogP contribution in [0, 0.1) is 0 Å². The molecule has 134 valence electrons. The number of alkyl halides is 11. The van der Waals surface area contributed by atoms with Gasteiger partial charge in [-0.1, -0.05) is 0 Å². The zero-order valence-corrected chi connectivity index (χ0v) is 9.79.